The van der Waals surface area contributed by atoms with Crippen LogP contribution >= 0.6 is 0 Å². The topological polar surface area (TPSA) is 71.4 Å². The van der Waals surface area contributed by atoms with Crippen LogP contribution in [0.2, 0.25) is 0 Å². The van der Waals surface area contributed by atoms with E-state index in [0.29, 0.717) is 18.6 Å². The van der Waals surface area contributed by atoms with Crippen LogP contribution in [0.15, 0.2) is 12.2 Å². The van der Waals surface area contributed by atoms with Crippen molar-refractivity contribution in [2.75, 3.05) is 0 Å². The van der Waals surface area contributed by atoms with Crippen LogP contribution in [0.3, 0.4) is 0 Å². The lowest BCUT2D eigenvalue weighted by molar-refractivity contribution is -0.137. The van der Waals surface area contributed by atoms with Gasteiger partial charge in [0.05, 0.1) is 0 Å². The van der Waals surface area contributed by atoms with E-state index in [1.807, 2.05) is 6.08 Å². The molecule has 4 heteroatoms. The third kappa shape index (κ3) is 9.57. The van der Waals surface area contributed by atoms with Crippen molar-refractivity contribution >= 4 is 17.5 Å². The molecule has 1 rings (SSSR count). The Hall–Kier alpha value is -1.45. The van der Waals surface area contributed by atoms with Crippen molar-refractivity contribution in [1.82, 2.24) is 0 Å². The molecule has 0 aromatic rings. The molecule has 4 nitrogen and oxygen atoms in total. The number of hydrogen-bond donors (Lipinski definition) is 1. The fraction of sp³-hybridized carbons (Fsp3) is 0.762. The van der Waals surface area contributed by atoms with Gasteiger partial charge >= 0.3 is 5.97 Å². The Morgan fingerprint density at radius 3 is 2.44 bits per heavy atom. The Balaban J connectivity index is 2.25. The van der Waals surface area contributed by atoms with Gasteiger partial charge in [-0.2, -0.15) is 0 Å². The van der Waals surface area contributed by atoms with Crippen LogP contribution in [-0.4, -0.2) is 22.6 Å². The number of carbonyl (C=O) groups excluding carboxylic acids is 2. The number of carbonyl (C=O) groups is 3. The summed E-state index contributed by atoms with van der Waals surface area (Å²) in [6.45, 7) is 2.13. The van der Waals surface area contributed by atoms with Gasteiger partial charge in [0.25, 0.3) is 0 Å². The summed E-state index contributed by atoms with van der Waals surface area (Å²) in [4.78, 5) is 34.4. The first-order valence-electron chi connectivity index (χ1n) is 10.00. The fourth-order valence-electron chi connectivity index (χ4n) is 3.57. The highest BCUT2D eigenvalue weighted by Gasteiger charge is 2.32. The third-order valence-electron chi connectivity index (χ3n) is 5.12. The van der Waals surface area contributed by atoms with E-state index in [1.54, 1.807) is 6.08 Å². The Morgan fingerprint density at radius 1 is 1.04 bits per heavy atom. The molecular formula is C21H34O4. The van der Waals surface area contributed by atoms with Gasteiger partial charge in [0.15, 0.2) is 5.78 Å². The summed E-state index contributed by atoms with van der Waals surface area (Å²) in [6.07, 6.45) is 14.9. The average Bonchev–Trinajstić information content (AvgIpc) is 2.92. The summed E-state index contributed by atoms with van der Waals surface area (Å²) in [6, 6.07) is 0. The molecule has 2 atom stereocenters. The molecule has 25 heavy (non-hydrogen) atoms. The van der Waals surface area contributed by atoms with Gasteiger partial charge < -0.3 is 5.11 Å². The van der Waals surface area contributed by atoms with Gasteiger partial charge in [-0.3, -0.25) is 14.4 Å². The van der Waals surface area contributed by atoms with E-state index in [9.17, 15) is 14.4 Å². The first-order valence-corrected chi connectivity index (χ1v) is 10.00. The van der Waals surface area contributed by atoms with E-state index in [1.165, 1.54) is 0 Å². The molecule has 142 valence electrons. The van der Waals surface area contributed by atoms with Crippen LogP contribution in [0.4, 0.5) is 0 Å². The number of hydrogen-bond acceptors (Lipinski definition) is 3. The van der Waals surface area contributed by atoms with E-state index in [4.69, 9.17) is 5.11 Å². The van der Waals surface area contributed by atoms with Crippen LogP contribution in [0, 0.1) is 11.8 Å². The Morgan fingerprint density at radius 2 is 1.72 bits per heavy atom. The highest BCUT2D eigenvalue weighted by atomic mass is 16.4. The highest BCUT2D eigenvalue weighted by molar-refractivity contribution is 5.90. The Labute approximate surface area is 152 Å². The van der Waals surface area contributed by atoms with Crippen LogP contribution in [-0.2, 0) is 14.4 Å². The van der Waals surface area contributed by atoms with E-state index in [0.717, 1.165) is 64.2 Å². The van der Waals surface area contributed by atoms with Crippen LogP contribution in [0.25, 0.3) is 0 Å². The maximum Gasteiger partial charge on any atom is 0.303 e. The first kappa shape index (κ1) is 21.6. The van der Waals surface area contributed by atoms with E-state index >= 15 is 0 Å². The fourth-order valence-corrected chi connectivity index (χ4v) is 3.57. The van der Waals surface area contributed by atoms with Gasteiger partial charge in [-0.1, -0.05) is 51.5 Å². The summed E-state index contributed by atoms with van der Waals surface area (Å²) in [7, 11) is 0. The van der Waals surface area contributed by atoms with Crippen molar-refractivity contribution in [3.63, 3.8) is 0 Å². The predicted octanol–water partition coefficient (Wildman–Crippen LogP) is 5.10. The first-order chi connectivity index (χ1) is 12.0. The minimum absolute atomic E-state index is 0.0821. The molecule has 2 unspecified atom stereocenters. The monoisotopic (exact) mass is 350 g/mol. The zero-order valence-corrected chi connectivity index (χ0v) is 15.7. The second-order valence-corrected chi connectivity index (χ2v) is 7.26. The van der Waals surface area contributed by atoms with Crippen molar-refractivity contribution in [1.29, 1.82) is 0 Å². The Bertz CT molecular complexity index is 453. The normalized spacial score (nSPS) is 20.4. The molecule has 0 heterocycles. The predicted molar refractivity (Wildman–Crippen MR) is 99.5 cm³/mol. The van der Waals surface area contributed by atoms with Crippen molar-refractivity contribution in [3.05, 3.63) is 12.2 Å². The molecule has 1 saturated carbocycles. The van der Waals surface area contributed by atoms with Gasteiger partial charge in [-0.15, -0.1) is 0 Å². The smallest absolute Gasteiger partial charge is 0.303 e. The summed E-state index contributed by atoms with van der Waals surface area (Å²) >= 11 is 0. The maximum absolute atomic E-state index is 12.1. The molecule has 0 aromatic carbocycles. The van der Waals surface area contributed by atoms with Gasteiger partial charge in [0, 0.05) is 25.2 Å². The summed E-state index contributed by atoms with van der Waals surface area (Å²) < 4.78 is 0. The van der Waals surface area contributed by atoms with E-state index < -0.39 is 5.97 Å². The number of carboxylic acid groups (broad SMARTS) is 1. The molecule has 0 spiro atoms. The molecule has 1 aliphatic carbocycles. The van der Waals surface area contributed by atoms with E-state index in [2.05, 4.69) is 6.92 Å². The average molecular weight is 350 g/mol. The summed E-state index contributed by atoms with van der Waals surface area (Å²) in [5.74, 6) is 0.118. The van der Waals surface area contributed by atoms with Crippen LogP contribution in [0.1, 0.15) is 90.4 Å². The minimum atomic E-state index is -0.726. The number of rotatable bonds is 14. The summed E-state index contributed by atoms with van der Waals surface area (Å²) in [5, 5.41) is 8.60. The number of Topliss-reactive ketones (excluding diaryl/α,β-unsaturated/α-hetero) is 1. The second-order valence-electron chi connectivity index (χ2n) is 7.26. The molecule has 1 aliphatic rings. The Kier molecular flexibility index (Phi) is 11.1. The van der Waals surface area contributed by atoms with Gasteiger partial charge in [0.2, 0.25) is 0 Å². The molecule has 0 bridgehead atoms. The van der Waals surface area contributed by atoms with Crippen molar-refractivity contribution in [2.24, 2.45) is 11.8 Å². The zero-order chi connectivity index (χ0) is 18.5. The minimum Gasteiger partial charge on any atom is -0.481 e. The quantitative estimate of drug-likeness (QED) is 0.349. The lowest BCUT2D eigenvalue weighted by Gasteiger charge is -2.14. The number of carboxylic acids is 1. The lowest BCUT2D eigenvalue weighted by atomic mass is 9.89. The number of aliphatic carboxylic acids is 1. The zero-order valence-electron chi connectivity index (χ0n) is 15.7. The maximum atomic E-state index is 12.1. The number of allylic oxidation sites excluding steroid dienone is 2. The molecule has 0 aliphatic heterocycles. The van der Waals surface area contributed by atoms with Crippen molar-refractivity contribution < 1.29 is 19.5 Å². The SMILES string of the molecule is CCCCCC(=O)/C=C/C1CCC(=O)C1CCCCCCCC(=O)O. The summed E-state index contributed by atoms with van der Waals surface area (Å²) in [5.41, 5.74) is 0. The van der Waals surface area contributed by atoms with Gasteiger partial charge in [-0.25, -0.2) is 0 Å². The molecule has 0 saturated heterocycles. The van der Waals surface area contributed by atoms with Crippen molar-refractivity contribution in [3.8, 4) is 0 Å². The largest absolute Gasteiger partial charge is 0.481 e. The second kappa shape index (κ2) is 12.8. The molecule has 0 aromatic heterocycles. The lowest BCUT2D eigenvalue weighted by Crippen LogP contribution is -2.13. The van der Waals surface area contributed by atoms with Gasteiger partial charge in [0.1, 0.15) is 5.78 Å². The third-order valence-corrected chi connectivity index (χ3v) is 5.12. The molecule has 0 amide bonds. The standard InChI is InChI=1S/C21H34O4/c1-2-3-7-10-18(22)15-13-17-14-16-20(23)19(17)11-8-5-4-6-9-12-21(24)25/h13,15,17,19H,2-12,14,16H2,1H3,(H,24,25)/b15-13+. The van der Waals surface area contributed by atoms with Crippen LogP contribution in [0.5, 0.6) is 0 Å². The van der Waals surface area contributed by atoms with Crippen LogP contribution < -0.4 is 0 Å². The highest BCUT2D eigenvalue weighted by Crippen LogP contribution is 2.33. The number of ketones is 2. The van der Waals surface area contributed by atoms with Crippen molar-refractivity contribution in [2.45, 2.75) is 90.4 Å². The molecular weight excluding hydrogens is 316 g/mol. The molecule has 1 fully saturated rings. The molecule has 1 N–H and O–H groups in total. The number of unbranched alkanes of at least 4 members (excludes halogenated alkanes) is 6. The molecule has 0 radical (unpaired) electrons. The van der Waals surface area contributed by atoms with Gasteiger partial charge in [-0.05, 0) is 37.7 Å². The van der Waals surface area contributed by atoms with E-state index in [-0.39, 0.29) is 24.0 Å².